The summed E-state index contributed by atoms with van der Waals surface area (Å²) in [4.78, 5) is 30.6. The van der Waals surface area contributed by atoms with Gasteiger partial charge in [-0.2, -0.15) is 0 Å². The van der Waals surface area contributed by atoms with Gasteiger partial charge in [-0.25, -0.2) is 0 Å². The van der Waals surface area contributed by atoms with Crippen LogP contribution in [0.25, 0.3) is 10.2 Å². The molecule has 1 fully saturated rings. The largest absolute Gasteiger partial charge is 0.336 e. The number of aromatic nitrogens is 1. The molecule has 1 saturated heterocycles. The Hall–Kier alpha value is -2.60. The number of fused-ring (bicyclic) bond motifs is 1. The van der Waals surface area contributed by atoms with E-state index in [1.54, 1.807) is 11.3 Å². The second-order valence-corrected chi connectivity index (χ2v) is 8.60. The number of hydrogen-bond acceptors (Lipinski definition) is 3. The summed E-state index contributed by atoms with van der Waals surface area (Å²) < 4.78 is 2.17. The SMILES string of the molecule is CCC(=O)N1CCN(C(=O)c2cc3ccsc3n2[C@H](C)c2ccccc2)C[C@@H]1C. The Morgan fingerprint density at radius 3 is 2.62 bits per heavy atom. The average molecular weight is 410 g/mol. The fourth-order valence-corrected chi connectivity index (χ4v) is 5.23. The number of hydrogen-bond donors (Lipinski definition) is 0. The molecule has 1 aliphatic rings. The van der Waals surface area contributed by atoms with Crippen LogP contribution in [0.3, 0.4) is 0 Å². The molecule has 0 bridgehead atoms. The van der Waals surface area contributed by atoms with Gasteiger partial charge in [0, 0.05) is 37.5 Å². The molecule has 0 radical (unpaired) electrons. The first-order valence-electron chi connectivity index (χ1n) is 10.2. The molecule has 0 N–H and O–H groups in total. The Bertz CT molecular complexity index is 1020. The van der Waals surface area contributed by atoms with E-state index < -0.39 is 0 Å². The Balaban J connectivity index is 1.65. The Labute approximate surface area is 175 Å². The van der Waals surface area contributed by atoms with Crippen LogP contribution in [0.5, 0.6) is 0 Å². The lowest BCUT2D eigenvalue weighted by Crippen LogP contribution is -2.55. The summed E-state index contributed by atoms with van der Waals surface area (Å²) in [5.41, 5.74) is 1.91. The summed E-state index contributed by atoms with van der Waals surface area (Å²) in [6, 6.07) is 14.5. The fraction of sp³-hybridized carbons (Fsp3) is 0.391. The van der Waals surface area contributed by atoms with Crippen LogP contribution in [-0.2, 0) is 4.79 Å². The van der Waals surface area contributed by atoms with Gasteiger partial charge in [0.15, 0.2) is 0 Å². The van der Waals surface area contributed by atoms with Crippen molar-refractivity contribution in [1.29, 1.82) is 0 Å². The van der Waals surface area contributed by atoms with Crippen molar-refractivity contribution in [2.45, 2.75) is 39.3 Å². The van der Waals surface area contributed by atoms with E-state index in [-0.39, 0.29) is 23.9 Å². The predicted molar refractivity (Wildman–Crippen MR) is 117 cm³/mol. The maximum Gasteiger partial charge on any atom is 0.270 e. The van der Waals surface area contributed by atoms with Crippen molar-refractivity contribution in [2.24, 2.45) is 0 Å². The molecule has 0 unspecified atom stereocenters. The molecule has 3 heterocycles. The Morgan fingerprint density at radius 2 is 1.93 bits per heavy atom. The van der Waals surface area contributed by atoms with Gasteiger partial charge in [0.2, 0.25) is 5.91 Å². The molecule has 0 aliphatic carbocycles. The molecular weight excluding hydrogens is 382 g/mol. The molecule has 2 aromatic heterocycles. The molecule has 4 rings (SSSR count). The summed E-state index contributed by atoms with van der Waals surface area (Å²) in [6.07, 6.45) is 0.506. The maximum absolute atomic E-state index is 13.5. The molecule has 29 heavy (non-hydrogen) atoms. The number of piperazine rings is 1. The molecule has 6 heteroatoms. The summed E-state index contributed by atoms with van der Waals surface area (Å²) in [5, 5.41) is 3.18. The normalized spacial score (nSPS) is 18.2. The molecule has 5 nitrogen and oxygen atoms in total. The molecule has 152 valence electrons. The minimum Gasteiger partial charge on any atom is -0.336 e. The van der Waals surface area contributed by atoms with Gasteiger partial charge >= 0.3 is 0 Å². The van der Waals surface area contributed by atoms with Crippen molar-refractivity contribution in [3.05, 3.63) is 59.1 Å². The van der Waals surface area contributed by atoms with Gasteiger partial charge in [-0.15, -0.1) is 11.3 Å². The van der Waals surface area contributed by atoms with Crippen molar-refractivity contribution >= 4 is 33.4 Å². The highest BCUT2D eigenvalue weighted by Crippen LogP contribution is 2.32. The molecule has 1 aromatic carbocycles. The average Bonchev–Trinajstić information content (AvgIpc) is 3.34. The van der Waals surface area contributed by atoms with E-state index in [0.717, 1.165) is 15.9 Å². The van der Waals surface area contributed by atoms with E-state index in [2.05, 4.69) is 35.1 Å². The number of rotatable bonds is 4. The van der Waals surface area contributed by atoms with Crippen LogP contribution in [-0.4, -0.2) is 51.9 Å². The van der Waals surface area contributed by atoms with Crippen molar-refractivity contribution in [2.75, 3.05) is 19.6 Å². The van der Waals surface area contributed by atoms with Gasteiger partial charge in [0.25, 0.3) is 5.91 Å². The highest BCUT2D eigenvalue weighted by atomic mass is 32.1. The van der Waals surface area contributed by atoms with Crippen molar-refractivity contribution in [1.82, 2.24) is 14.4 Å². The molecule has 3 aromatic rings. The Morgan fingerprint density at radius 1 is 1.17 bits per heavy atom. The topological polar surface area (TPSA) is 45.6 Å². The van der Waals surface area contributed by atoms with Gasteiger partial charge in [0.1, 0.15) is 10.5 Å². The molecular formula is C23H27N3O2S. The summed E-state index contributed by atoms with van der Waals surface area (Å²) in [7, 11) is 0. The zero-order valence-electron chi connectivity index (χ0n) is 17.2. The number of amides is 2. The first kappa shape index (κ1) is 19.7. The minimum absolute atomic E-state index is 0.0382. The van der Waals surface area contributed by atoms with E-state index in [9.17, 15) is 9.59 Å². The van der Waals surface area contributed by atoms with E-state index in [1.807, 2.05) is 47.9 Å². The zero-order chi connectivity index (χ0) is 20.5. The van der Waals surface area contributed by atoms with Crippen molar-refractivity contribution < 1.29 is 9.59 Å². The lowest BCUT2D eigenvalue weighted by Gasteiger charge is -2.40. The van der Waals surface area contributed by atoms with Crippen LogP contribution >= 0.6 is 11.3 Å². The van der Waals surface area contributed by atoms with E-state index in [0.29, 0.717) is 26.1 Å². The van der Waals surface area contributed by atoms with Gasteiger partial charge in [-0.1, -0.05) is 37.3 Å². The van der Waals surface area contributed by atoms with Crippen LogP contribution < -0.4 is 0 Å². The van der Waals surface area contributed by atoms with E-state index in [4.69, 9.17) is 0 Å². The monoisotopic (exact) mass is 409 g/mol. The van der Waals surface area contributed by atoms with Crippen molar-refractivity contribution in [3.8, 4) is 0 Å². The van der Waals surface area contributed by atoms with Gasteiger partial charge in [-0.05, 0) is 36.9 Å². The standard InChI is InChI=1S/C23H27N3O2S/c1-4-21(27)25-12-11-24(15-16(25)2)22(28)20-14-19-10-13-29-23(19)26(20)17(3)18-8-6-5-7-9-18/h5-10,13-14,16-17H,4,11-12,15H2,1-3H3/t16-,17+/m0/s1. The van der Waals surface area contributed by atoms with Crippen molar-refractivity contribution in [3.63, 3.8) is 0 Å². The molecule has 2 atom stereocenters. The summed E-state index contributed by atoms with van der Waals surface area (Å²) in [5.74, 6) is 0.206. The van der Waals surface area contributed by atoms with Crippen LogP contribution in [0.15, 0.2) is 47.8 Å². The van der Waals surface area contributed by atoms with Gasteiger partial charge in [0.05, 0.1) is 6.04 Å². The number of benzene rings is 1. The fourth-order valence-electron chi connectivity index (χ4n) is 4.25. The molecule has 0 saturated carbocycles. The lowest BCUT2D eigenvalue weighted by atomic mass is 10.1. The zero-order valence-corrected chi connectivity index (χ0v) is 18.0. The number of carbonyl (C=O) groups is 2. The van der Waals surface area contributed by atoms with Gasteiger partial charge in [-0.3, -0.25) is 9.59 Å². The highest BCUT2D eigenvalue weighted by molar-refractivity contribution is 7.16. The van der Waals surface area contributed by atoms with Crippen LogP contribution in [0.2, 0.25) is 0 Å². The lowest BCUT2D eigenvalue weighted by molar-refractivity contribution is -0.134. The first-order chi connectivity index (χ1) is 14.0. The summed E-state index contributed by atoms with van der Waals surface area (Å²) in [6.45, 7) is 7.81. The quantitative estimate of drug-likeness (QED) is 0.641. The molecule has 0 spiro atoms. The Kier molecular flexibility index (Phi) is 5.46. The smallest absolute Gasteiger partial charge is 0.270 e. The van der Waals surface area contributed by atoms with Crippen LogP contribution in [0.4, 0.5) is 0 Å². The minimum atomic E-state index is 0.0382. The third-order valence-electron chi connectivity index (χ3n) is 5.87. The number of nitrogens with zero attached hydrogens (tertiary/aromatic N) is 3. The van der Waals surface area contributed by atoms with Crippen LogP contribution in [0.1, 0.15) is 49.3 Å². The second kappa shape index (κ2) is 8.03. The molecule has 2 amide bonds. The van der Waals surface area contributed by atoms with E-state index in [1.165, 1.54) is 5.56 Å². The van der Waals surface area contributed by atoms with Gasteiger partial charge < -0.3 is 14.4 Å². The molecule has 1 aliphatic heterocycles. The predicted octanol–water partition coefficient (Wildman–Crippen LogP) is 4.40. The highest BCUT2D eigenvalue weighted by Gasteiger charge is 2.31. The second-order valence-electron chi connectivity index (χ2n) is 7.71. The first-order valence-corrected chi connectivity index (χ1v) is 11.1. The van der Waals surface area contributed by atoms with Crippen LogP contribution in [0, 0.1) is 0 Å². The maximum atomic E-state index is 13.5. The third-order valence-corrected chi connectivity index (χ3v) is 6.80. The number of carbonyl (C=O) groups excluding carboxylic acids is 2. The van der Waals surface area contributed by atoms with E-state index >= 15 is 0 Å². The summed E-state index contributed by atoms with van der Waals surface area (Å²) >= 11 is 1.67. The third kappa shape index (κ3) is 3.57. The number of thiophene rings is 1.